The van der Waals surface area contributed by atoms with E-state index in [1.165, 1.54) is 16.1 Å². The first-order chi connectivity index (χ1) is 8.36. The van der Waals surface area contributed by atoms with E-state index in [-0.39, 0.29) is 0 Å². The van der Waals surface area contributed by atoms with Crippen LogP contribution in [0.3, 0.4) is 0 Å². The maximum Gasteiger partial charge on any atom is 0.184 e. The zero-order chi connectivity index (χ0) is 11.7. The van der Waals surface area contributed by atoms with E-state index in [0.717, 1.165) is 22.9 Å². The van der Waals surface area contributed by atoms with Gasteiger partial charge in [0, 0.05) is 10.3 Å². The molecule has 3 aromatic heterocycles. The zero-order valence-corrected chi connectivity index (χ0v) is 10.8. The molecule has 1 N–H and O–H groups in total. The van der Waals surface area contributed by atoms with Gasteiger partial charge in [0.15, 0.2) is 10.8 Å². The van der Waals surface area contributed by atoms with Crippen LogP contribution in [0.1, 0.15) is 11.8 Å². The van der Waals surface area contributed by atoms with E-state index in [2.05, 4.69) is 44.6 Å². The van der Waals surface area contributed by atoms with Crippen molar-refractivity contribution in [3.63, 3.8) is 0 Å². The third-order valence-electron chi connectivity index (χ3n) is 2.38. The third kappa shape index (κ3) is 2.01. The Bertz CT molecular complexity index is 609. The van der Waals surface area contributed by atoms with Crippen molar-refractivity contribution in [1.82, 2.24) is 20.2 Å². The van der Waals surface area contributed by atoms with Gasteiger partial charge in [0.05, 0.1) is 10.6 Å². The molecule has 3 heterocycles. The summed E-state index contributed by atoms with van der Waals surface area (Å²) < 4.78 is 0. The number of aryl methyl sites for hydroxylation is 1. The lowest BCUT2D eigenvalue weighted by molar-refractivity contribution is 1.09. The lowest BCUT2D eigenvalue weighted by Gasteiger charge is -1.89. The average molecular weight is 262 g/mol. The smallest absolute Gasteiger partial charge is 0.184 e. The summed E-state index contributed by atoms with van der Waals surface area (Å²) in [5, 5.41) is 9.59. The summed E-state index contributed by atoms with van der Waals surface area (Å²) in [7, 11) is 0. The monoisotopic (exact) mass is 262 g/mol. The van der Waals surface area contributed by atoms with E-state index >= 15 is 0 Å². The molecule has 0 amide bonds. The Hall–Kier alpha value is -1.53. The summed E-state index contributed by atoms with van der Waals surface area (Å²) in [6.07, 6.45) is 2.57. The summed E-state index contributed by atoms with van der Waals surface area (Å²) in [6, 6.07) is 4.29. The molecule has 0 aliphatic rings. The summed E-state index contributed by atoms with van der Waals surface area (Å²) in [4.78, 5) is 11.3. The van der Waals surface area contributed by atoms with Crippen molar-refractivity contribution in [3.05, 3.63) is 28.7 Å². The molecular formula is C11H10N4S2. The molecule has 0 saturated heterocycles. The molecule has 0 fully saturated rings. The van der Waals surface area contributed by atoms with Gasteiger partial charge in [-0.05, 0) is 18.6 Å². The fourth-order valence-corrected chi connectivity index (χ4v) is 3.26. The van der Waals surface area contributed by atoms with Crippen LogP contribution in [-0.2, 0) is 6.42 Å². The number of nitrogens with one attached hydrogen (secondary N) is 1. The van der Waals surface area contributed by atoms with Crippen molar-refractivity contribution in [2.75, 3.05) is 0 Å². The highest BCUT2D eigenvalue weighted by atomic mass is 32.1. The van der Waals surface area contributed by atoms with Crippen molar-refractivity contribution < 1.29 is 0 Å². The first kappa shape index (κ1) is 10.6. The Morgan fingerprint density at radius 3 is 3.00 bits per heavy atom. The van der Waals surface area contributed by atoms with Crippen molar-refractivity contribution in [2.24, 2.45) is 0 Å². The van der Waals surface area contributed by atoms with Crippen molar-refractivity contribution in [3.8, 4) is 21.4 Å². The highest BCUT2D eigenvalue weighted by molar-refractivity contribution is 7.16. The van der Waals surface area contributed by atoms with Crippen LogP contribution < -0.4 is 0 Å². The molecule has 3 aromatic rings. The van der Waals surface area contributed by atoms with Crippen LogP contribution in [0.25, 0.3) is 21.4 Å². The summed E-state index contributed by atoms with van der Waals surface area (Å²) in [5.41, 5.74) is 1.02. The van der Waals surface area contributed by atoms with E-state index in [1.54, 1.807) is 22.7 Å². The standard InChI is InChI=1S/C11H10N4S2/c1-2-7-3-4-9(17-7)8-5-16-11(14-8)10-12-6-13-15-10/h3-6H,2H2,1H3,(H,12,13,15). The molecule has 86 valence electrons. The summed E-state index contributed by atoms with van der Waals surface area (Å²) in [5.74, 6) is 0.730. The molecule has 0 atom stereocenters. The molecule has 0 aromatic carbocycles. The molecular weight excluding hydrogens is 252 g/mol. The third-order valence-corrected chi connectivity index (χ3v) is 4.49. The van der Waals surface area contributed by atoms with Crippen molar-refractivity contribution in [2.45, 2.75) is 13.3 Å². The van der Waals surface area contributed by atoms with Crippen molar-refractivity contribution >= 4 is 22.7 Å². The Kier molecular flexibility index (Phi) is 2.74. The zero-order valence-electron chi connectivity index (χ0n) is 9.17. The van der Waals surface area contributed by atoms with E-state index in [1.807, 2.05) is 0 Å². The number of thiophene rings is 1. The average Bonchev–Trinajstić information content (AvgIpc) is 3.09. The second-order valence-electron chi connectivity index (χ2n) is 3.49. The summed E-state index contributed by atoms with van der Waals surface area (Å²) in [6.45, 7) is 2.16. The van der Waals surface area contributed by atoms with Gasteiger partial charge < -0.3 is 0 Å². The largest absolute Gasteiger partial charge is 0.257 e. The maximum atomic E-state index is 4.57. The van der Waals surface area contributed by atoms with Crippen LogP contribution in [0.15, 0.2) is 23.8 Å². The van der Waals surface area contributed by atoms with Gasteiger partial charge >= 0.3 is 0 Å². The maximum absolute atomic E-state index is 4.57. The minimum absolute atomic E-state index is 0.730. The second kappa shape index (κ2) is 4.38. The number of aromatic nitrogens is 4. The van der Waals surface area contributed by atoms with Gasteiger partial charge in [-0.25, -0.2) is 9.97 Å². The lowest BCUT2D eigenvalue weighted by Crippen LogP contribution is -1.79. The van der Waals surface area contributed by atoms with E-state index < -0.39 is 0 Å². The minimum atomic E-state index is 0.730. The predicted octanol–water partition coefficient (Wildman–Crippen LogP) is 3.22. The fraction of sp³-hybridized carbons (Fsp3) is 0.182. The summed E-state index contributed by atoms with van der Waals surface area (Å²) >= 11 is 3.38. The number of aromatic amines is 1. The molecule has 0 radical (unpaired) electrons. The molecule has 0 spiro atoms. The van der Waals surface area contributed by atoms with Gasteiger partial charge in [-0.1, -0.05) is 6.92 Å². The van der Waals surface area contributed by atoms with E-state index in [0.29, 0.717) is 0 Å². The van der Waals surface area contributed by atoms with Crippen LogP contribution in [0.5, 0.6) is 0 Å². The predicted molar refractivity (Wildman–Crippen MR) is 70.2 cm³/mol. The van der Waals surface area contributed by atoms with Gasteiger partial charge in [0.2, 0.25) is 0 Å². The SMILES string of the molecule is CCc1ccc(-c2csc(-c3ncn[nH]3)n2)s1. The number of H-pyrrole nitrogens is 1. The van der Waals surface area contributed by atoms with Gasteiger partial charge in [0.25, 0.3) is 0 Å². The Labute approximate surface area is 106 Å². The van der Waals surface area contributed by atoms with E-state index in [4.69, 9.17) is 0 Å². The number of rotatable bonds is 3. The van der Waals surface area contributed by atoms with Crippen molar-refractivity contribution in [1.29, 1.82) is 0 Å². The second-order valence-corrected chi connectivity index (χ2v) is 5.52. The quantitative estimate of drug-likeness (QED) is 0.788. The van der Waals surface area contributed by atoms with Crippen LogP contribution in [0.2, 0.25) is 0 Å². The molecule has 0 saturated carbocycles. The van der Waals surface area contributed by atoms with Crippen LogP contribution in [0.4, 0.5) is 0 Å². The highest BCUT2D eigenvalue weighted by Gasteiger charge is 2.10. The topological polar surface area (TPSA) is 54.5 Å². The molecule has 0 bridgehead atoms. The Morgan fingerprint density at radius 1 is 1.35 bits per heavy atom. The van der Waals surface area contributed by atoms with Crippen LogP contribution in [-0.4, -0.2) is 20.2 Å². The molecule has 17 heavy (non-hydrogen) atoms. The van der Waals surface area contributed by atoms with Crippen LogP contribution >= 0.6 is 22.7 Å². The highest BCUT2D eigenvalue weighted by Crippen LogP contribution is 2.31. The molecule has 0 aliphatic heterocycles. The molecule has 0 aliphatic carbocycles. The Balaban J connectivity index is 1.94. The molecule has 6 heteroatoms. The van der Waals surface area contributed by atoms with Gasteiger partial charge in [-0.15, -0.1) is 22.7 Å². The number of hydrogen-bond donors (Lipinski definition) is 1. The molecule has 4 nitrogen and oxygen atoms in total. The fourth-order valence-electron chi connectivity index (χ4n) is 1.51. The Morgan fingerprint density at radius 2 is 2.29 bits per heavy atom. The van der Waals surface area contributed by atoms with E-state index in [9.17, 15) is 0 Å². The van der Waals surface area contributed by atoms with Crippen LogP contribution in [0, 0.1) is 0 Å². The normalized spacial score (nSPS) is 10.9. The van der Waals surface area contributed by atoms with Gasteiger partial charge in [0.1, 0.15) is 6.33 Å². The first-order valence-corrected chi connectivity index (χ1v) is 6.97. The number of hydrogen-bond acceptors (Lipinski definition) is 5. The first-order valence-electron chi connectivity index (χ1n) is 5.27. The molecule has 0 unspecified atom stereocenters. The molecule has 3 rings (SSSR count). The lowest BCUT2D eigenvalue weighted by atomic mass is 10.3. The minimum Gasteiger partial charge on any atom is -0.257 e. The van der Waals surface area contributed by atoms with Gasteiger partial charge in [-0.3, -0.25) is 5.10 Å². The number of thiazole rings is 1. The number of nitrogens with zero attached hydrogens (tertiary/aromatic N) is 3. The van der Waals surface area contributed by atoms with Gasteiger partial charge in [-0.2, -0.15) is 5.10 Å².